The molecule has 9 heteroatoms. The summed E-state index contributed by atoms with van der Waals surface area (Å²) in [5.41, 5.74) is 1.16. The number of nitrogens with one attached hydrogen (secondary N) is 1. The largest absolute Gasteiger partial charge is 0.419 e. The fourth-order valence-corrected chi connectivity index (χ4v) is 3.05. The first kappa shape index (κ1) is 19.6. The summed E-state index contributed by atoms with van der Waals surface area (Å²) < 4.78 is 5.64. The SMILES string of the molecule is CN(CC(=O)Nc1ccccc1Cl)Cc1nnc(-c2ccc(Cl)cc2Cl)o1. The third-order valence-electron chi connectivity index (χ3n) is 3.60. The molecule has 0 saturated carbocycles. The Balaban J connectivity index is 1.60. The maximum Gasteiger partial charge on any atom is 0.249 e. The summed E-state index contributed by atoms with van der Waals surface area (Å²) in [6, 6.07) is 12.1. The number of hydrogen-bond acceptors (Lipinski definition) is 5. The fraction of sp³-hybridized carbons (Fsp3) is 0.167. The first-order valence-corrected chi connectivity index (χ1v) is 9.06. The average molecular weight is 426 g/mol. The molecule has 0 saturated heterocycles. The predicted molar refractivity (Wildman–Crippen MR) is 106 cm³/mol. The summed E-state index contributed by atoms with van der Waals surface area (Å²) in [6.45, 7) is 0.429. The number of para-hydroxylation sites is 1. The summed E-state index contributed by atoms with van der Waals surface area (Å²) >= 11 is 18.1. The minimum atomic E-state index is -0.203. The predicted octanol–water partition coefficient (Wildman–Crippen LogP) is 4.77. The number of aromatic nitrogens is 2. The average Bonchev–Trinajstić information content (AvgIpc) is 3.04. The van der Waals surface area contributed by atoms with Gasteiger partial charge in [0.2, 0.25) is 17.7 Å². The number of anilines is 1. The molecular weight excluding hydrogens is 411 g/mol. The van der Waals surface area contributed by atoms with Gasteiger partial charge in [-0.05, 0) is 37.4 Å². The molecule has 0 bridgehead atoms. The van der Waals surface area contributed by atoms with Gasteiger partial charge in [0.1, 0.15) is 0 Å². The smallest absolute Gasteiger partial charge is 0.249 e. The summed E-state index contributed by atoms with van der Waals surface area (Å²) in [6.07, 6.45) is 0. The van der Waals surface area contributed by atoms with E-state index in [1.165, 1.54) is 0 Å². The third-order valence-corrected chi connectivity index (χ3v) is 4.47. The molecule has 2 aromatic carbocycles. The van der Waals surface area contributed by atoms with E-state index >= 15 is 0 Å². The van der Waals surface area contributed by atoms with Gasteiger partial charge < -0.3 is 9.73 Å². The quantitative estimate of drug-likeness (QED) is 0.616. The molecule has 0 atom stereocenters. The van der Waals surface area contributed by atoms with Crippen molar-refractivity contribution in [1.29, 1.82) is 0 Å². The van der Waals surface area contributed by atoms with Crippen molar-refractivity contribution in [3.8, 4) is 11.5 Å². The fourth-order valence-electron chi connectivity index (χ4n) is 2.37. The highest BCUT2D eigenvalue weighted by Crippen LogP contribution is 2.29. The molecule has 0 fully saturated rings. The molecule has 0 aliphatic rings. The van der Waals surface area contributed by atoms with Gasteiger partial charge in [0, 0.05) is 5.02 Å². The zero-order valence-corrected chi connectivity index (χ0v) is 16.5. The third kappa shape index (κ3) is 5.20. The van der Waals surface area contributed by atoms with Crippen molar-refractivity contribution in [3.63, 3.8) is 0 Å². The molecule has 1 amide bonds. The lowest BCUT2D eigenvalue weighted by Gasteiger charge is -2.14. The second-order valence-corrected chi connectivity index (χ2v) is 7.08. The lowest BCUT2D eigenvalue weighted by atomic mass is 10.2. The van der Waals surface area contributed by atoms with E-state index in [1.54, 1.807) is 54.4 Å². The number of likely N-dealkylation sites (N-methyl/N-ethyl adjacent to an activating group) is 1. The van der Waals surface area contributed by atoms with Gasteiger partial charge in [-0.15, -0.1) is 10.2 Å². The van der Waals surface area contributed by atoms with Crippen LogP contribution in [0.15, 0.2) is 46.9 Å². The molecule has 1 N–H and O–H groups in total. The molecule has 0 aliphatic carbocycles. The lowest BCUT2D eigenvalue weighted by Crippen LogP contribution is -2.30. The van der Waals surface area contributed by atoms with Crippen LogP contribution in [0.4, 0.5) is 5.69 Å². The Morgan fingerprint density at radius 3 is 2.63 bits per heavy atom. The van der Waals surface area contributed by atoms with Crippen LogP contribution < -0.4 is 5.32 Å². The first-order chi connectivity index (χ1) is 12.9. The Morgan fingerprint density at radius 1 is 1.11 bits per heavy atom. The van der Waals surface area contributed by atoms with E-state index in [0.717, 1.165) is 0 Å². The molecule has 3 rings (SSSR count). The van der Waals surface area contributed by atoms with Crippen LogP contribution in [0.1, 0.15) is 5.89 Å². The Hall–Kier alpha value is -2.12. The van der Waals surface area contributed by atoms with Crippen LogP contribution in [0.5, 0.6) is 0 Å². The van der Waals surface area contributed by atoms with Gasteiger partial charge in [-0.3, -0.25) is 9.69 Å². The molecule has 0 spiro atoms. The standard InChI is InChI=1S/C18H15Cl3N4O2/c1-25(9-16(26)22-15-5-3-2-4-13(15)20)10-17-23-24-18(27-17)12-7-6-11(19)8-14(12)21/h2-8H,9-10H2,1H3,(H,22,26). The van der Waals surface area contributed by atoms with E-state index < -0.39 is 0 Å². The van der Waals surface area contributed by atoms with E-state index in [9.17, 15) is 4.79 Å². The number of hydrogen-bond donors (Lipinski definition) is 1. The van der Waals surface area contributed by atoms with E-state index in [0.29, 0.717) is 44.6 Å². The molecule has 1 heterocycles. The zero-order chi connectivity index (χ0) is 19.4. The summed E-state index contributed by atoms with van der Waals surface area (Å²) in [4.78, 5) is 13.9. The molecular formula is C18H15Cl3N4O2. The first-order valence-electron chi connectivity index (χ1n) is 7.93. The highest BCUT2D eigenvalue weighted by Gasteiger charge is 2.15. The molecule has 140 valence electrons. The van der Waals surface area contributed by atoms with E-state index in [2.05, 4.69) is 15.5 Å². The Kier molecular flexibility index (Phi) is 6.34. The van der Waals surface area contributed by atoms with Gasteiger partial charge in [0.25, 0.3) is 0 Å². The van der Waals surface area contributed by atoms with Crippen LogP contribution in [-0.4, -0.2) is 34.6 Å². The van der Waals surface area contributed by atoms with Crippen molar-refractivity contribution >= 4 is 46.4 Å². The Bertz CT molecular complexity index is 961. The number of carbonyl (C=O) groups is 1. The second-order valence-electron chi connectivity index (χ2n) is 5.83. The van der Waals surface area contributed by atoms with E-state index in [1.807, 2.05) is 0 Å². The topological polar surface area (TPSA) is 71.3 Å². The highest BCUT2D eigenvalue weighted by atomic mass is 35.5. The Labute approximate surface area is 171 Å². The van der Waals surface area contributed by atoms with Crippen LogP contribution in [0.2, 0.25) is 15.1 Å². The minimum Gasteiger partial charge on any atom is -0.419 e. The van der Waals surface area contributed by atoms with Crippen LogP contribution in [-0.2, 0) is 11.3 Å². The molecule has 1 aromatic heterocycles. The molecule has 0 unspecified atom stereocenters. The van der Waals surface area contributed by atoms with E-state index in [4.69, 9.17) is 39.2 Å². The van der Waals surface area contributed by atoms with Crippen LogP contribution in [0, 0.1) is 0 Å². The normalized spacial score (nSPS) is 11.0. The van der Waals surface area contributed by atoms with E-state index in [-0.39, 0.29) is 12.5 Å². The van der Waals surface area contributed by atoms with Crippen molar-refractivity contribution in [1.82, 2.24) is 15.1 Å². The van der Waals surface area contributed by atoms with Crippen molar-refractivity contribution in [2.45, 2.75) is 6.54 Å². The minimum absolute atomic E-state index is 0.130. The van der Waals surface area contributed by atoms with Crippen LogP contribution >= 0.6 is 34.8 Å². The maximum absolute atomic E-state index is 12.2. The van der Waals surface area contributed by atoms with Gasteiger partial charge in [-0.2, -0.15) is 0 Å². The van der Waals surface area contributed by atoms with Gasteiger partial charge in [-0.1, -0.05) is 46.9 Å². The summed E-state index contributed by atoms with van der Waals surface area (Å²) in [5, 5.41) is 12.2. The number of rotatable bonds is 6. The summed E-state index contributed by atoms with van der Waals surface area (Å²) in [7, 11) is 1.77. The number of nitrogens with zero attached hydrogens (tertiary/aromatic N) is 3. The second kappa shape index (κ2) is 8.71. The van der Waals surface area contributed by atoms with Gasteiger partial charge in [-0.25, -0.2) is 0 Å². The summed E-state index contributed by atoms with van der Waals surface area (Å²) in [5.74, 6) is 0.454. The number of benzene rings is 2. The maximum atomic E-state index is 12.2. The van der Waals surface area contributed by atoms with Crippen molar-refractivity contribution in [2.24, 2.45) is 0 Å². The monoisotopic (exact) mass is 424 g/mol. The Morgan fingerprint density at radius 2 is 1.89 bits per heavy atom. The molecule has 27 heavy (non-hydrogen) atoms. The number of amides is 1. The lowest BCUT2D eigenvalue weighted by molar-refractivity contribution is -0.117. The van der Waals surface area contributed by atoms with Gasteiger partial charge in [0.15, 0.2) is 0 Å². The van der Waals surface area contributed by atoms with Crippen molar-refractivity contribution in [3.05, 3.63) is 63.4 Å². The van der Waals surface area contributed by atoms with Gasteiger partial charge >= 0.3 is 0 Å². The molecule has 0 aliphatic heterocycles. The van der Waals surface area contributed by atoms with Crippen molar-refractivity contribution < 1.29 is 9.21 Å². The van der Waals surface area contributed by atoms with Gasteiger partial charge in [0.05, 0.1) is 34.4 Å². The van der Waals surface area contributed by atoms with Crippen LogP contribution in [0.3, 0.4) is 0 Å². The highest BCUT2D eigenvalue weighted by molar-refractivity contribution is 6.36. The molecule has 0 radical (unpaired) electrons. The number of carbonyl (C=O) groups excluding carboxylic acids is 1. The van der Waals surface area contributed by atoms with Crippen LogP contribution in [0.25, 0.3) is 11.5 Å². The number of halogens is 3. The molecule has 6 nitrogen and oxygen atoms in total. The zero-order valence-electron chi connectivity index (χ0n) is 14.2. The van der Waals surface area contributed by atoms with Crippen molar-refractivity contribution in [2.75, 3.05) is 18.9 Å². The molecule has 3 aromatic rings.